The van der Waals surface area contributed by atoms with E-state index in [1.807, 2.05) is 38.9 Å². The van der Waals surface area contributed by atoms with Crippen molar-refractivity contribution in [2.45, 2.75) is 26.3 Å². The summed E-state index contributed by atoms with van der Waals surface area (Å²) in [6.45, 7) is 4.55. The Labute approximate surface area is 165 Å². The molecule has 0 radical (unpaired) electrons. The van der Waals surface area contributed by atoms with Crippen molar-refractivity contribution in [2.75, 3.05) is 14.1 Å². The van der Waals surface area contributed by atoms with Crippen molar-refractivity contribution in [3.05, 3.63) is 60.6 Å². The zero-order valence-corrected chi connectivity index (χ0v) is 16.9. The highest BCUT2D eigenvalue weighted by atomic mass is 35.5. The molecule has 0 aliphatic rings. The molecular formula is C18H19Cl2N5O2. The number of H-pyrrole nitrogens is 1. The molecular weight excluding hydrogens is 389 g/mol. The zero-order valence-electron chi connectivity index (χ0n) is 15.4. The van der Waals surface area contributed by atoms with Crippen LogP contribution in [0.15, 0.2) is 27.9 Å². The number of hydrogen-bond donors (Lipinski definition) is 1. The zero-order chi connectivity index (χ0) is 19.9. The van der Waals surface area contributed by atoms with Gasteiger partial charge in [0.25, 0.3) is 5.56 Å². The number of aromatic amines is 1. The molecule has 0 amide bonds. The van der Waals surface area contributed by atoms with E-state index in [-0.39, 0.29) is 27.1 Å². The van der Waals surface area contributed by atoms with E-state index in [9.17, 15) is 9.59 Å². The highest BCUT2D eigenvalue weighted by Crippen LogP contribution is 2.28. The lowest BCUT2D eigenvalue weighted by Gasteiger charge is -2.20. The van der Waals surface area contributed by atoms with Crippen molar-refractivity contribution in [3.8, 4) is 5.69 Å². The van der Waals surface area contributed by atoms with Crippen molar-refractivity contribution < 1.29 is 0 Å². The third-order valence-electron chi connectivity index (χ3n) is 4.14. The maximum atomic E-state index is 12.8. The first-order chi connectivity index (χ1) is 12.7. The van der Waals surface area contributed by atoms with Gasteiger partial charge in [-0.3, -0.25) is 14.8 Å². The van der Waals surface area contributed by atoms with Gasteiger partial charge >= 0.3 is 5.69 Å². The van der Waals surface area contributed by atoms with E-state index in [2.05, 4.69) is 15.0 Å². The van der Waals surface area contributed by atoms with E-state index in [0.29, 0.717) is 17.9 Å². The van der Waals surface area contributed by atoms with E-state index >= 15 is 0 Å². The molecule has 0 bridgehead atoms. The Kier molecular flexibility index (Phi) is 5.37. The molecule has 0 fully saturated rings. The number of halogens is 2. The number of rotatable bonds is 4. The summed E-state index contributed by atoms with van der Waals surface area (Å²) in [4.78, 5) is 38.1. The van der Waals surface area contributed by atoms with E-state index in [1.54, 1.807) is 6.20 Å². The topological polar surface area (TPSA) is 83.9 Å². The molecule has 0 unspecified atom stereocenters. The van der Waals surface area contributed by atoms with Crippen molar-refractivity contribution in [2.24, 2.45) is 0 Å². The fraction of sp³-hybridized carbons (Fsp3) is 0.333. The molecule has 0 spiro atoms. The van der Waals surface area contributed by atoms with Gasteiger partial charge < -0.3 is 4.90 Å². The standard InChI is InChI=1S/C18H19Cl2N5O2/c1-9(2)10-5-6-21-13(8-24(3)4)14(10)25-16-11(17(26)23-18(25)27)7-12(19)15(20)22-16/h5-7,9H,8H2,1-4H3,(H,23,26,27). The Balaban J connectivity index is 2.51. The van der Waals surface area contributed by atoms with E-state index in [1.165, 1.54) is 10.6 Å². The Morgan fingerprint density at radius 1 is 1.26 bits per heavy atom. The Hall–Kier alpha value is -2.22. The van der Waals surface area contributed by atoms with Gasteiger partial charge in [-0.15, -0.1) is 0 Å². The predicted molar refractivity (Wildman–Crippen MR) is 107 cm³/mol. The number of aromatic nitrogens is 4. The predicted octanol–water partition coefficient (Wildman–Crippen LogP) is 2.96. The van der Waals surface area contributed by atoms with E-state index in [0.717, 1.165) is 5.56 Å². The maximum Gasteiger partial charge on any atom is 0.334 e. The summed E-state index contributed by atoms with van der Waals surface area (Å²) in [7, 11) is 3.83. The van der Waals surface area contributed by atoms with Crippen LogP contribution in [0.5, 0.6) is 0 Å². The third-order valence-corrected chi connectivity index (χ3v) is 4.81. The molecule has 1 N–H and O–H groups in total. The van der Waals surface area contributed by atoms with Crippen molar-refractivity contribution in [3.63, 3.8) is 0 Å². The van der Waals surface area contributed by atoms with E-state index in [4.69, 9.17) is 23.2 Å². The minimum Gasteiger partial charge on any atom is -0.303 e. The van der Waals surface area contributed by atoms with Crippen LogP contribution in [0.3, 0.4) is 0 Å². The smallest absolute Gasteiger partial charge is 0.303 e. The normalized spacial score (nSPS) is 11.7. The van der Waals surface area contributed by atoms with Crippen molar-refractivity contribution in [1.29, 1.82) is 0 Å². The monoisotopic (exact) mass is 407 g/mol. The lowest BCUT2D eigenvalue weighted by atomic mass is 10.0. The molecule has 7 nitrogen and oxygen atoms in total. The van der Waals surface area contributed by atoms with Crippen LogP contribution in [0.1, 0.15) is 31.0 Å². The second kappa shape index (κ2) is 7.42. The average molecular weight is 408 g/mol. The maximum absolute atomic E-state index is 12.8. The summed E-state index contributed by atoms with van der Waals surface area (Å²) in [5, 5.41) is 0.342. The highest BCUT2D eigenvalue weighted by Gasteiger charge is 2.21. The van der Waals surface area contributed by atoms with Gasteiger partial charge in [0.1, 0.15) is 5.15 Å². The lowest BCUT2D eigenvalue weighted by Crippen LogP contribution is -2.32. The first kappa shape index (κ1) is 19.5. The van der Waals surface area contributed by atoms with Gasteiger partial charge in [-0.05, 0) is 37.7 Å². The van der Waals surface area contributed by atoms with E-state index < -0.39 is 11.2 Å². The minimum atomic E-state index is -0.603. The summed E-state index contributed by atoms with van der Waals surface area (Å²) < 4.78 is 1.36. The van der Waals surface area contributed by atoms with Gasteiger partial charge in [-0.1, -0.05) is 37.0 Å². The van der Waals surface area contributed by atoms with Crippen LogP contribution < -0.4 is 11.2 Å². The quantitative estimate of drug-likeness (QED) is 0.672. The SMILES string of the molecule is CC(C)c1ccnc(CN(C)C)c1-n1c(=O)[nH]c(=O)c2cc(Cl)c(Cl)nc21. The van der Waals surface area contributed by atoms with Crippen molar-refractivity contribution in [1.82, 2.24) is 24.4 Å². The largest absolute Gasteiger partial charge is 0.334 e. The molecule has 0 atom stereocenters. The van der Waals surface area contributed by atoms with Crippen LogP contribution in [0.25, 0.3) is 16.7 Å². The molecule has 9 heteroatoms. The molecule has 0 aliphatic carbocycles. The number of nitrogens with one attached hydrogen (secondary N) is 1. The van der Waals surface area contributed by atoms with Crippen LogP contribution in [0.2, 0.25) is 10.2 Å². The molecule has 3 aromatic heterocycles. The molecule has 0 saturated carbocycles. The number of nitrogens with zero attached hydrogens (tertiary/aromatic N) is 4. The summed E-state index contributed by atoms with van der Waals surface area (Å²) in [5.41, 5.74) is 1.17. The summed E-state index contributed by atoms with van der Waals surface area (Å²) in [6, 6.07) is 3.28. The Morgan fingerprint density at radius 2 is 1.96 bits per heavy atom. The Morgan fingerprint density at radius 3 is 2.59 bits per heavy atom. The first-order valence-electron chi connectivity index (χ1n) is 8.34. The number of fused-ring (bicyclic) bond motifs is 1. The second-order valence-corrected chi connectivity index (χ2v) is 7.58. The van der Waals surface area contributed by atoms with Gasteiger partial charge in [-0.2, -0.15) is 0 Å². The van der Waals surface area contributed by atoms with Gasteiger partial charge in [0.2, 0.25) is 0 Å². The molecule has 0 aromatic carbocycles. The van der Waals surface area contributed by atoms with Gasteiger partial charge in [0.15, 0.2) is 5.65 Å². The lowest BCUT2D eigenvalue weighted by molar-refractivity contribution is 0.396. The molecule has 0 aliphatic heterocycles. The molecule has 3 rings (SSSR count). The molecule has 0 saturated heterocycles. The number of hydrogen-bond acceptors (Lipinski definition) is 5. The van der Waals surface area contributed by atoms with Crippen LogP contribution in [-0.4, -0.2) is 38.5 Å². The summed E-state index contributed by atoms with van der Waals surface area (Å²) in [5.74, 6) is 0.112. The molecule has 142 valence electrons. The van der Waals surface area contributed by atoms with Crippen molar-refractivity contribution >= 4 is 34.2 Å². The van der Waals surface area contributed by atoms with Gasteiger partial charge in [0.05, 0.1) is 21.8 Å². The molecule has 3 heterocycles. The fourth-order valence-corrected chi connectivity index (χ4v) is 3.26. The highest BCUT2D eigenvalue weighted by molar-refractivity contribution is 6.41. The fourth-order valence-electron chi connectivity index (χ4n) is 2.97. The molecule has 27 heavy (non-hydrogen) atoms. The van der Waals surface area contributed by atoms with Gasteiger partial charge in [-0.25, -0.2) is 14.3 Å². The van der Waals surface area contributed by atoms with Crippen LogP contribution in [-0.2, 0) is 6.54 Å². The van der Waals surface area contributed by atoms with Crippen LogP contribution in [0, 0.1) is 0 Å². The molecule has 3 aromatic rings. The van der Waals surface area contributed by atoms with Crippen LogP contribution in [0.4, 0.5) is 0 Å². The van der Waals surface area contributed by atoms with Gasteiger partial charge in [0, 0.05) is 12.7 Å². The summed E-state index contributed by atoms with van der Waals surface area (Å²) in [6.07, 6.45) is 1.72. The minimum absolute atomic E-state index is 0.0204. The number of pyridine rings is 2. The Bertz CT molecular complexity index is 1140. The second-order valence-electron chi connectivity index (χ2n) is 6.81. The third kappa shape index (κ3) is 3.63. The first-order valence-corrected chi connectivity index (χ1v) is 9.10. The summed E-state index contributed by atoms with van der Waals surface area (Å²) >= 11 is 12.1. The average Bonchev–Trinajstić information content (AvgIpc) is 2.57. The van der Waals surface area contributed by atoms with Crippen LogP contribution >= 0.6 is 23.2 Å².